The van der Waals surface area contributed by atoms with Crippen molar-refractivity contribution in [2.45, 2.75) is 125 Å². The number of nitrogens with one attached hydrogen (secondary N) is 6. The Labute approximate surface area is 562 Å². The van der Waals surface area contributed by atoms with Crippen LogP contribution in [0.5, 0.6) is 0 Å². The second kappa shape index (κ2) is 28.6. The molecule has 5 aromatic heterocycles. The number of imidazole rings is 2. The fourth-order valence-electron chi connectivity index (χ4n) is 14.4. The topological polar surface area (TPSA) is 326 Å². The van der Waals surface area contributed by atoms with Crippen LogP contribution in [0.1, 0.15) is 98.5 Å². The molecule has 5 fully saturated rings. The first-order valence-corrected chi connectivity index (χ1v) is 34.0. The van der Waals surface area contributed by atoms with Crippen molar-refractivity contribution in [3.05, 3.63) is 156 Å². The van der Waals surface area contributed by atoms with Gasteiger partial charge in [0.05, 0.1) is 36.8 Å². The molecule has 9 aromatic rings. The summed E-state index contributed by atoms with van der Waals surface area (Å²) in [7, 11) is 2.11. The van der Waals surface area contributed by atoms with Gasteiger partial charge in [-0.1, -0.05) is 135 Å². The number of aromatic nitrogens is 11. The molecule has 3 aliphatic heterocycles. The second-order valence-electron chi connectivity index (χ2n) is 26.3. The van der Waals surface area contributed by atoms with Gasteiger partial charge in [0.15, 0.2) is 34.0 Å². The van der Waals surface area contributed by atoms with Gasteiger partial charge >= 0.3 is 0 Å². The Morgan fingerprint density at radius 3 is 1.24 bits per heavy atom. The molecule has 0 spiro atoms. The van der Waals surface area contributed by atoms with Crippen molar-refractivity contribution >= 4 is 75.5 Å². The number of amides is 2. The highest BCUT2D eigenvalue weighted by atomic mass is 16.3. The number of fused-ring (bicyclic) bond motifs is 2. The zero-order valence-corrected chi connectivity index (χ0v) is 54.8. The Balaban J connectivity index is 0.732. The van der Waals surface area contributed by atoms with Gasteiger partial charge < -0.3 is 81.1 Å². The third-order valence-corrected chi connectivity index (χ3v) is 19.9. The first kappa shape index (κ1) is 64.7. The Kier molecular flexibility index (Phi) is 19.0. The van der Waals surface area contributed by atoms with Gasteiger partial charge in [0.1, 0.15) is 24.4 Å². The minimum absolute atomic E-state index is 0.0368. The van der Waals surface area contributed by atoms with Crippen molar-refractivity contribution in [2.24, 2.45) is 0 Å². The minimum Gasteiger partial charge on any atom is -0.388 e. The van der Waals surface area contributed by atoms with Crippen LogP contribution in [-0.2, 0) is 9.59 Å². The maximum atomic E-state index is 12.6. The largest absolute Gasteiger partial charge is 0.388 e. The van der Waals surface area contributed by atoms with E-state index in [0.29, 0.717) is 116 Å². The van der Waals surface area contributed by atoms with Crippen LogP contribution >= 0.6 is 0 Å². The van der Waals surface area contributed by atoms with Crippen molar-refractivity contribution in [1.29, 1.82) is 0 Å². The number of hydrogen-bond acceptors (Lipinski definition) is 23. The molecule has 0 unspecified atom stereocenters. The van der Waals surface area contributed by atoms with Crippen molar-refractivity contribution < 1.29 is 30.0 Å². The number of anilines is 7. The van der Waals surface area contributed by atoms with Gasteiger partial charge in [-0.3, -0.25) is 9.59 Å². The number of likely N-dealkylation sites (N-methyl/N-ethyl adjacent to an activating group) is 1. The quantitative estimate of drug-likeness (QED) is 0.0407. The van der Waals surface area contributed by atoms with Crippen LogP contribution in [0.3, 0.4) is 0 Å². The fraction of sp³-hybridized carbons (Fsp3) is 0.443. The first-order chi connectivity index (χ1) is 47.3. The molecule has 0 bridgehead atoms. The Morgan fingerprint density at radius 1 is 0.474 bits per heavy atom. The minimum atomic E-state index is -1.20. The standard InChI is InChI=1S/C70H85N21O6/c1-4-54(92)77-50-34-52(60(96)58(50)94)90-40-73-56-62(71-36-48(42-18-10-6-11-19-42)43-20-12-7-13-21-43)79-68(81-64(56)90)88-28-26-46(38-88)75-66-83-67(85-70(84-66)87-32-30-86(3)31-33-87)76-47-27-29-89(39-47)69-80-63(72-37-49(44-22-14-8-15-23-44)45-24-16-9-17-25-45)57-65(82-69)91(41-74-57)53-35-51(59(95)61(53)97)78-55(93)5-2/h6-25,40-41,46-53,58-61,94-97H,4-5,26-39H2,1-3H3,(H,77,92)(H,78,93)(H,71,79,81)(H,72,80,82)(H2,75,76,83,84,85)/t46-,47-,50+,51+,52-,53-,58-,59-,60+,61+/m1/s1. The maximum absolute atomic E-state index is 12.6. The van der Waals surface area contributed by atoms with E-state index in [9.17, 15) is 30.0 Å². The van der Waals surface area contributed by atoms with Crippen molar-refractivity contribution in [3.8, 4) is 0 Å². The van der Waals surface area contributed by atoms with E-state index in [2.05, 4.69) is 107 Å². The molecule has 27 nitrogen and oxygen atoms in total. The molecule has 97 heavy (non-hydrogen) atoms. The third-order valence-electron chi connectivity index (χ3n) is 19.9. The molecular weight excluding hydrogens is 1230 g/mol. The summed E-state index contributed by atoms with van der Waals surface area (Å²) in [5.41, 5.74) is 6.53. The van der Waals surface area contributed by atoms with E-state index < -0.39 is 48.6 Å². The zero-order chi connectivity index (χ0) is 66.7. The second-order valence-corrected chi connectivity index (χ2v) is 26.3. The summed E-state index contributed by atoms with van der Waals surface area (Å²) in [6.45, 7) is 9.81. The number of carbonyl (C=O) groups excluding carboxylic acids is 2. The van der Waals surface area contributed by atoms with Crippen LogP contribution in [0.25, 0.3) is 22.3 Å². The number of aliphatic hydroxyl groups is 4. The molecular formula is C70H85N21O6. The first-order valence-electron chi connectivity index (χ1n) is 34.0. The third kappa shape index (κ3) is 13.9. The number of aliphatic hydroxyl groups excluding tert-OH is 4. The van der Waals surface area contributed by atoms with E-state index in [4.69, 9.17) is 44.9 Å². The number of piperazine rings is 1. The normalized spacial score (nSPS) is 23.7. The van der Waals surface area contributed by atoms with E-state index >= 15 is 0 Å². The molecule has 4 aromatic carbocycles. The predicted octanol–water partition coefficient (Wildman–Crippen LogP) is 4.90. The van der Waals surface area contributed by atoms with Crippen LogP contribution in [0.4, 0.5) is 41.4 Å². The van der Waals surface area contributed by atoms with E-state index in [1.165, 1.54) is 0 Å². The van der Waals surface area contributed by atoms with Crippen LogP contribution in [-0.4, -0.2) is 212 Å². The van der Waals surface area contributed by atoms with Crippen molar-refractivity contribution in [1.82, 2.24) is 69.5 Å². The molecule has 2 amide bonds. The summed E-state index contributed by atoms with van der Waals surface area (Å²) in [4.78, 5) is 79.7. The molecule has 2 saturated carbocycles. The average molecular weight is 1320 g/mol. The lowest BCUT2D eigenvalue weighted by molar-refractivity contribution is -0.123. The molecule has 3 saturated heterocycles. The number of rotatable bonds is 23. The maximum Gasteiger partial charge on any atom is 0.232 e. The van der Waals surface area contributed by atoms with E-state index in [1.807, 2.05) is 81.9 Å². The van der Waals surface area contributed by atoms with Gasteiger partial charge in [-0.25, -0.2) is 9.97 Å². The van der Waals surface area contributed by atoms with Crippen LogP contribution in [0, 0.1) is 0 Å². The summed E-state index contributed by atoms with van der Waals surface area (Å²) in [6.07, 6.45) is 0.923. The molecule has 0 radical (unpaired) electrons. The summed E-state index contributed by atoms with van der Waals surface area (Å²) in [5, 5.41) is 66.2. The van der Waals surface area contributed by atoms with Crippen LogP contribution in [0.15, 0.2) is 134 Å². The molecule has 8 heterocycles. The molecule has 2 aliphatic carbocycles. The Hall–Kier alpha value is -9.67. The van der Waals surface area contributed by atoms with Gasteiger partial charge in [-0.15, -0.1) is 0 Å². The molecule has 14 rings (SSSR count). The number of carbonyl (C=O) groups is 2. The zero-order valence-electron chi connectivity index (χ0n) is 54.8. The highest BCUT2D eigenvalue weighted by Crippen LogP contribution is 2.39. The highest BCUT2D eigenvalue weighted by molar-refractivity contribution is 5.86. The Bertz CT molecular complexity index is 3840. The SMILES string of the molecule is CCC(=O)N[C@H]1C[C@@H](n2cnc3c(NCC(c4ccccc4)c4ccccc4)nc(N4CC[C@@H](Nc5nc(N[C@@H]6CCN(c7nc(NCC(c8ccccc8)c8ccccc8)c8ncn([C@@H]9C[C@H](NC(=O)CC)[C@@H](O)[C@H]9O)c8n7)C6)nc(N6CCN(C)CC6)n5)C4)nc32)[C@H](O)[C@@H]1O. The number of nitrogens with zero attached hydrogens (tertiary/aromatic N) is 15. The van der Waals surface area contributed by atoms with Crippen molar-refractivity contribution in [3.63, 3.8) is 0 Å². The van der Waals surface area contributed by atoms with Gasteiger partial charge in [0.25, 0.3) is 0 Å². The van der Waals surface area contributed by atoms with E-state index in [1.54, 1.807) is 26.5 Å². The number of benzene rings is 4. The van der Waals surface area contributed by atoms with Gasteiger partial charge in [0.2, 0.25) is 41.6 Å². The van der Waals surface area contributed by atoms with E-state index in [0.717, 1.165) is 48.4 Å². The lowest BCUT2D eigenvalue weighted by Crippen LogP contribution is -2.45. The summed E-state index contributed by atoms with van der Waals surface area (Å²) < 4.78 is 3.62. The summed E-state index contributed by atoms with van der Waals surface area (Å²) in [6, 6.07) is 38.5. The molecule has 5 aliphatic rings. The average Bonchev–Trinajstić information content (AvgIpc) is 1.63. The van der Waals surface area contributed by atoms with Gasteiger partial charge in [0, 0.05) is 102 Å². The summed E-state index contributed by atoms with van der Waals surface area (Å²) in [5.74, 6) is 2.89. The predicted molar refractivity (Wildman–Crippen MR) is 371 cm³/mol. The lowest BCUT2D eigenvalue weighted by Gasteiger charge is -2.32. The van der Waals surface area contributed by atoms with E-state index in [-0.39, 0.29) is 61.4 Å². The lowest BCUT2D eigenvalue weighted by atomic mass is 9.91. The molecule has 27 heteroatoms. The van der Waals surface area contributed by atoms with Gasteiger partial charge in [-0.2, -0.15) is 34.9 Å². The fourth-order valence-corrected chi connectivity index (χ4v) is 14.4. The number of hydrogen-bond donors (Lipinski definition) is 10. The smallest absolute Gasteiger partial charge is 0.232 e. The van der Waals surface area contributed by atoms with Gasteiger partial charge in [-0.05, 0) is 55.0 Å². The molecule has 10 N–H and O–H groups in total. The molecule has 506 valence electrons. The molecule has 10 atom stereocenters. The van der Waals surface area contributed by atoms with Crippen molar-refractivity contribution in [2.75, 3.05) is 108 Å². The highest BCUT2D eigenvalue weighted by Gasteiger charge is 2.46. The van der Waals surface area contributed by atoms with Crippen LogP contribution in [0.2, 0.25) is 0 Å². The monoisotopic (exact) mass is 1320 g/mol. The van der Waals surface area contributed by atoms with Crippen LogP contribution < -0.4 is 46.6 Å². The summed E-state index contributed by atoms with van der Waals surface area (Å²) >= 11 is 0. The Morgan fingerprint density at radius 2 is 0.856 bits per heavy atom.